The molecule has 1 fully saturated rings. The van der Waals surface area contributed by atoms with Gasteiger partial charge in [0.1, 0.15) is 24.6 Å². The molecule has 3 atom stereocenters. The number of esters is 1. The van der Waals surface area contributed by atoms with Gasteiger partial charge in [-0.25, -0.2) is 9.18 Å². The lowest BCUT2D eigenvalue weighted by Crippen LogP contribution is -2.42. The lowest BCUT2D eigenvalue weighted by Gasteiger charge is -2.36. The van der Waals surface area contributed by atoms with Gasteiger partial charge in [-0.3, -0.25) is 0 Å². The number of hydrogen-bond acceptors (Lipinski definition) is 4. The Morgan fingerprint density at radius 1 is 1.30 bits per heavy atom. The third kappa shape index (κ3) is 4.83. The fourth-order valence-electron chi connectivity index (χ4n) is 2.98. The molecule has 1 saturated heterocycles. The van der Waals surface area contributed by atoms with E-state index in [1.54, 1.807) is 36.4 Å². The van der Waals surface area contributed by atoms with Crippen LogP contribution in [0.15, 0.2) is 55.1 Å². The van der Waals surface area contributed by atoms with Crippen molar-refractivity contribution < 1.29 is 23.4 Å². The van der Waals surface area contributed by atoms with Gasteiger partial charge in [-0.2, -0.15) is 0 Å². The van der Waals surface area contributed by atoms with Crippen LogP contribution in [0.3, 0.4) is 0 Å². The number of alkyl halides is 1. The second-order valence-corrected chi connectivity index (χ2v) is 6.79. The van der Waals surface area contributed by atoms with Crippen LogP contribution in [-0.4, -0.2) is 36.7 Å². The third-order valence-electron chi connectivity index (χ3n) is 4.30. The zero-order valence-electron chi connectivity index (χ0n) is 14.6. The van der Waals surface area contributed by atoms with Crippen molar-refractivity contribution in [1.82, 2.24) is 0 Å². The van der Waals surface area contributed by atoms with Gasteiger partial charge in [0.15, 0.2) is 0 Å². The van der Waals surface area contributed by atoms with Gasteiger partial charge >= 0.3 is 5.97 Å². The molecule has 0 spiro atoms. The first-order valence-corrected chi connectivity index (χ1v) is 9.71. The number of carbonyl (C=O) groups excluding carboxylic acids is 1. The summed E-state index contributed by atoms with van der Waals surface area (Å²) in [5.74, 6) is -0.726. The Morgan fingerprint density at radius 2 is 2.07 bits per heavy atom. The lowest BCUT2D eigenvalue weighted by atomic mass is 9.98. The Hall–Kier alpha value is -2.02. The van der Waals surface area contributed by atoms with Crippen molar-refractivity contribution in [2.75, 3.05) is 18.5 Å². The summed E-state index contributed by atoms with van der Waals surface area (Å²) in [5, 5.41) is 0.523. The molecule has 3 unspecified atom stereocenters. The summed E-state index contributed by atoms with van der Waals surface area (Å²) in [6, 6.07) is 13.3. The summed E-state index contributed by atoms with van der Waals surface area (Å²) in [4.78, 5) is 12.1. The van der Waals surface area contributed by atoms with Crippen molar-refractivity contribution in [2.45, 2.75) is 18.3 Å². The topological polar surface area (TPSA) is 44.8 Å². The van der Waals surface area contributed by atoms with Crippen LogP contribution in [0.5, 0.6) is 0 Å². The van der Waals surface area contributed by atoms with Crippen LogP contribution in [0.4, 0.5) is 4.39 Å². The molecular weight excluding hydrogens is 415 g/mol. The SMILES string of the molecule is C=Cc1cc(F)ccc1C1OCC(COC(=O)c2ccccc2)OC1CBr. The highest BCUT2D eigenvalue weighted by molar-refractivity contribution is 9.09. The van der Waals surface area contributed by atoms with E-state index >= 15 is 0 Å². The quantitative estimate of drug-likeness (QED) is 0.494. The first-order chi connectivity index (χ1) is 13.1. The molecule has 0 saturated carbocycles. The van der Waals surface area contributed by atoms with Crippen LogP contribution in [0.25, 0.3) is 6.08 Å². The summed E-state index contributed by atoms with van der Waals surface area (Å²) in [7, 11) is 0. The Labute approximate surface area is 166 Å². The van der Waals surface area contributed by atoms with Crippen LogP contribution in [-0.2, 0) is 14.2 Å². The van der Waals surface area contributed by atoms with E-state index in [0.717, 1.165) is 5.56 Å². The van der Waals surface area contributed by atoms with Gasteiger partial charge in [0.2, 0.25) is 0 Å². The van der Waals surface area contributed by atoms with Gasteiger partial charge in [-0.05, 0) is 35.4 Å². The molecule has 0 aliphatic carbocycles. The van der Waals surface area contributed by atoms with Crippen LogP contribution >= 0.6 is 15.9 Å². The van der Waals surface area contributed by atoms with Crippen LogP contribution in [0.1, 0.15) is 27.6 Å². The Balaban J connectivity index is 1.63. The molecule has 1 aliphatic rings. The molecular formula is C21H20BrFO4. The van der Waals surface area contributed by atoms with Gasteiger partial charge in [0.25, 0.3) is 0 Å². The molecule has 0 amide bonds. The van der Waals surface area contributed by atoms with Crippen molar-refractivity contribution >= 4 is 28.0 Å². The molecule has 0 radical (unpaired) electrons. The Morgan fingerprint density at radius 3 is 2.78 bits per heavy atom. The molecule has 6 heteroatoms. The van der Waals surface area contributed by atoms with E-state index in [0.29, 0.717) is 16.5 Å². The maximum atomic E-state index is 13.5. The molecule has 142 valence electrons. The second kappa shape index (κ2) is 9.26. The van der Waals surface area contributed by atoms with Crippen LogP contribution in [0, 0.1) is 5.82 Å². The van der Waals surface area contributed by atoms with E-state index in [1.165, 1.54) is 12.1 Å². The maximum Gasteiger partial charge on any atom is 0.338 e. The monoisotopic (exact) mass is 434 g/mol. The summed E-state index contributed by atoms with van der Waals surface area (Å²) in [5.41, 5.74) is 1.98. The fourth-order valence-corrected chi connectivity index (χ4v) is 3.47. The van der Waals surface area contributed by atoms with Crippen molar-refractivity contribution in [3.63, 3.8) is 0 Å². The summed E-state index contributed by atoms with van der Waals surface area (Å²) in [6.07, 6.45) is 0.562. The highest BCUT2D eigenvalue weighted by atomic mass is 79.9. The summed E-state index contributed by atoms with van der Waals surface area (Å²) >= 11 is 3.44. The largest absolute Gasteiger partial charge is 0.459 e. The number of hydrogen-bond donors (Lipinski definition) is 0. The lowest BCUT2D eigenvalue weighted by molar-refractivity contribution is -0.184. The molecule has 3 rings (SSSR count). The van der Waals surface area contributed by atoms with E-state index in [-0.39, 0.29) is 37.3 Å². The second-order valence-electron chi connectivity index (χ2n) is 6.15. The van der Waals surface area contributed by atoms with Crippen LogP contribution in [0.2, 0.25) is 0 Å². The minimum absolute atomic E-state index is 0.0989. The molecule has 0 aromatic heterocycles. The first-order valence-electron chi connectivity index (χ1n) is 8.59. The summed E-state index contributed by atoms with van der Waals surface area (Å²) < 4.78 is 30.8. The average molecular weight is 435 g/mol. The molecule has 4 nitrogen and oxygen atoms in total. The number of ether oxygens (including phenoxy) is 3. The Kier molecular flexibility index (Phi) is 6.77. The minimum atomic E-state index is -0.399. The molecule has 1 aliphatic heterocycles. The molecule has 27 heavy (non-hydrogen) atoms. The number of carbonyl (C=O) groups is 1. The van der Waals surface area contributed by atoms with E-state index in [9.17, 15) is 9.18 Å². The third-order valence-corrected chi connectivity index (χ3v) is 4.94. The predicted octanol–water partition coefficient (Wildman–Crippen LogP) is 4.55. The van der Waals surface area contributed by atoms with Gasteiger partial charge in [-0.15, -0.1) is 0 Å². The molecule has 1 heterocycles. The maximum absolute atomic E-state index is 13.5. The van der Waals surface area contributed by atoms with E-state index in [2.05, 4.69) is 22.5 Å². The van der Waals surface area contributed by atoms with Crippen molar-refractivity contribution in [3.8, 4) is 0 Å². The molecule has 2 aromatic rings. The number of rotatable bonds is 6. The highest BCUT2D eigenvalue weighted by Crippen LogP contribution is 2.33. The van der Waals surface area contributed by atoms with Gasteiger partial charge in [-0.1, -0.05) is 52.9 Å². The van der Waals surface area contributed by atoms with Gasteiger partial charge < -0.3 is 14.2 Å². The van der Waals surface area contributed by atoms with Crippen molar-refractivity contribution in [3.05, 3.63) is 77.6 Å². The zero-order chi connectivity index (χ0) is 19.2. The Bertz CT molecular complexity index is 796. The van der Waals surface area contributed by atoms with E-state index in [1.807, 2.05) is 6.07 Å². The minimum Gasteiger partial charge on any atom is -0.459 e. The fraction of sp³-hybridized carbons (Fsp3) is 0.286. The van der Waals surface area contributed by atoms with E-state index < -0.39 is 5.97 Å². The number of halogens is 2. The zero-order valence-corrected chi connectivity index (χ0v) is 16.2. The number of benzene rings is 2. The smallest absolute Gasteiger partial charge is 0.338 e. The average Bonchev–Trinajstić information content (AvgIpc) is 2.72. The predicted molar refractivity (Wildman–Crippen MR) is 104 cm³/mol. The first kappa shape index (κ1) is 19.7. The van der Waals surface area contributed by atoms with Crippen molar-refractivity contribution in [1.29, 1.82) is 0 Å². The normalized spacial score (nSPS) is 22.2. The van der Waals surface area contributed by atoms with Crippen LogP contribution < -0.4 is 0 Å². The summed E-state index contributed by atoms with van der Waals surface area (Å²) in [6.45, 7) is 4.11. The van der Waals surface area contributed by atoms with E-state index in [4.69, 9.17) is 14.2 Å². The molecule has 0 N–H and O–H groups in total. The standard InChI is InChI=1S/C21H20BrFO4/c1-2-14-10-16(23)8-9-18(14)20-19(11-22)27-17(12-25-20)13-26-21(24)15-6-4-3-5-7-15/h2-10,17,19-20H,1,11-13H2. The highest BCUT2D eigenvalue weighted by Gasteiger charge is 2.34. The molecule has 0 bridgehead atoms. The van der Waals surface area contributed by atoms with Gasteiger partial charge in [0.05, 0.1) is 18.3 Å². The van der Waals surface area contributed by atoms with Crippen molar-refractivity contribution in [2.24, 2.45) is 0 Å². The van der Waals surface area contributed by atoms with Gasteiger partial charge in [0, 0.05) is 5.33 Å². The molecule has 2 aromatic carbocycles.